The van der Waals surface area contributed by atoms with Crippen molar-refractivity contribution in [2.24, 2.45) is 0 Å². The van der Waals surface area contributed by atoms with Gasteiger partial charge in [-0.25, -0.2) is 0 Å². The zero-order valence-electron chi connectivity index (χ0n) is 6.99. The van der Waals surface area contributed by atoms with Gasteiger partial charge < -0.3 is 0 Å². The van der Waals surface area contributed by atoms with Crippen molar-refractivity contribution in [3.63, 3.8) is 0 Å². The van der Waals surface area contributed by atoms with E-state index in [-0.39, 0.29) is 0 Å². The molecule has 0 aromatic carbocycles. The fourth-order valence-corrected chi connectivity index (χ4v) is 1.22. The molecule has 12 heavy (non-hydrogen) atoms. The lowest BCUT2D eigenvalue weighted by Crippen LogP contribution is -1.86. The Morgan fingerprint density at radius 2 is 2.17 bits per heavy atom. The van der Waals surface area contributed by atoms with Crippen molar-refractivity contribution in [2.45, 2.75) is 13.3 Å². The van der Waals surface area contributed by atoms with Gasteiger partial charge in [0, 0.05) is 35.1 Å². The highest BCUT2D eigenvalue weighted by Crippen LogP contribution is 2.11. The van der Waals surface area contributed by atoms with E-state index in [4.69, 9.17) is 0 Å². The van der Waals surface area contributed by atoms with Crippen LogP contribution < -0.4 is 0 Å². The van der Waals surface area contributed by atoms with Crippen molar-refractivity contribution in [1.82, 2.24) is 9.97 Å². The quantitative estimate of drug-likeness (QED) is 0.635. The molecule has 0 aliphatic carbocycles. The topological polar surface area (TPSA) is 25.8 Å². The van der Waals surface area contributed by atoms with Gasteiger partial charge >= 0.3 is 0 Å². The fourth-order valence-electron chi connectivity index (χ4n) is 1.22. The Bertz CT molecular complexity index is 396. The number of hydrogen-bond donors (Lipinski definition) is 0. The van der Waals surface area contributed by atoms with Crippen molar-refractivity contribution in [3.8, 4) is 0 Å². The summed E-state index contributed by atoms with van der Waals surface area (Å²) in [5.74, 6) is 0. The molecule has 0 saturated heterocycles. The first-order chi connectivity index (χ1) is 5.90. The Morgan fingerprint density at radius 3 is 3.00 bits per heavy atom. The Kier molecular flexibility index (Phi) is 1.74. The molecule has 0 amide bonds. The van der Waals surface area contributed by atoms with Crippen molar-refractivity contribution in [1.29, 1.82) is 0 Å². The number of aryl methyl sites for hydroxylation is 1. The van der Waals surface area contributed by atoms with Gasteiger partial charge in [-0.2, -0.15) is 0 Å². The third-order valence-corrected chi connectivity index (χ3v) is 1.94. The van der Waals surface area contributed by atoms with Gasteiger partial charge in [0.1, 0.15) is 0 Å². The minimum atomic E-state index is 0.977. The van der Waals surface area contributed by atoms with E-state index in [0.29, 0.717) is 0 Å². The summed E-state index contributed by atoms with van der Waals surface area (Å²) in [5, 5.41) is 2.33. The lowest BCUT2D eigenvalue weighted by molar-refractivity contribution is 1.04. The number of hydrogen-bond acceptors (Lipinski definition) is 2. The minimum absolute atomic E-state index is 0.977. The molecule has 0 radical (unpaired) electrons. The highest BCUT2D eigenvalue weighted by Gasteiger charge is 1.94. The molecule has 0 aliphatic rings. The molecular formula is C10H10N2. The van der Waals surface area contributed by atoms with Crippen LogP contribution in [0.5, 0.6) is 0 Å². The molecule has 2 aromatic heterocycles. The first-order valence-corrected chi connectivity index (χ1v) is 4.09. The van der Waals surface area contributed by atoms with Crippen molar-refractivity contribution in [3.05, 3.63) is 36.4 Å². The zero-order chi connectivity index (χ0) is 8.39. The SMILES string of the molecule is CCc1cc2cnccc2cn1. The van der Waals surface area contributed by atoms with E-state index in [2.05, 4.69) is 23.0 Å². The second kappa shape index (κ2) is 2.89. The maximum absolute atomic E-state index is 4.30. The summed E-state index contributed by atoms with van der Waals surface area (Å²) in [6, 6.07) is 4.06. The minimum Gasteiger partial charge on any atom is -0.264 e. The Morgan fingerprint density at radius 1 is 1.25 bits per heavy atom. The molecule has 0 bridgehead atoms. The number of aromatic nitrogens is 2. The van der Waals surface area contributed by atoms with Crippen LogP contribution in [-0.2, 0) is 6.42 Å². The molecule has 0 unspecified atom stereocenters. The highest BCUT2D eigenvalue weighted by atomic mass is 14.7. The van der Waals surface area contributed by atoms with Crippen LogP contribution in [0.4, 0.5) is 0 Å². The predicted octanol–water partition coefficient (Wildman–Crippen LogP) is 2.19. The molecule has 0 spiro atoms. The van der Waals surface area contributed by atoms with E-state index < -0.39 is 0 Å². The number of nitrogens with zero attached hydrogens (tertiary/aromatic N) is 2. The smallest absolute Gasteiger partial charge is 0.0407 e. The maximum atomic E-state index is 4.30. The second-order valence-corrected chi connectivity index (χ2v) is 2.75. The van der Waals surface area contributed by atoms with E-state index in [1.54, 1.807) is 6.20 Å². The largest absolute Gasteiger partial charge is 0.264 e. The van der Waals surface area contributed by atoms with Crippen molar-refractivity contribution >= 4 is 10.8 Å². The van der Waals surface area contributed by atoms with Gasteiger partial charge in [-0.15, -0.1) is 0 Å². The molecule has 0 fully saturated rings. The molecule has 2 heteroatoms. The molecule has 0 atom stereocenters. The standard InChI is InChI=1S/C10H10N2/c1-2-10-5-9-6-11-4-3-8(9)7-12-10/h3-7H,2H2,1H3. The third kappa shape index (κ3) is 1.16. The molecule has 2 heterocycles. The van der Waals surface area contributed by atoms with Crippen LogP contribution in [0.2, 0.25) is 0 Å². The van der Waals surface area contributed by atoms with Crippen LogP contribution in [0.15, 0.2) is 30.7 Å². The molecule has 0 N–H and O–H groups in total. The molecule has 60 valence electrons. The Hall–Kier alpha value is -1.44. The molecular weight excluding hydrogens is 148 g/mol. The summed E-state index contributed by atoms with van der Waals surface area (Å²) in [6.07, 6.45) is 6.53. The van der Waals surface area contributed by atoms with E-state index in [0.717, 1.165) is 17.5 Å². The van der Waals surface area contributed by atoms with Gasteiger partial charge in [0.15, 0.2) is 0 Å². The van der Waals surface area contributed by atoms with E-state index in [1.807, 2.05) is 18.5 Å². The predicted molar refractivity (Wildman–Crippen MR) is 48.9 cm³/mol. The lowest BCUT2D eigenvalue weighted by atomic mass is 10.2. The van der Waals surface area contributed by atoms with Gasteiger partial charge in [0.25, 0.3) is 0 Å². The first-order valence-electron chi connectivity index (χ1n) is 4.09. The molecule has 0 aliphatic heterocycles. The van der Waals surface area contributed by atoms with E-state index in [1.165, 1.54) is 5.39 Å². The van der Waals surface area contributed by atoms with Gasteiger partial charge in [0.05, 0.1) is 0 Å². The van der Waals surface area contributed by atoms with E-state index >= 15 is 0 Å². The third-order valence-electron chi connectivity index (χ3n) is 1.94. The number of pyridine rings is 2. The highest BCUT2D eigenvalue weighted by molar-refractivity contribution is 5.80. The number of fused-ring (bicyclic) bond motifs is 1. The summed E-state index contributed by atoms with van der Waals surface area (Å²) in [4.78, 5) is 8.36. The lowest BCUT2D eigenvalue weighted by Gasteiger charge is -1.98. The summed E-state index contributed by atoms with van der Waals surface area (Å²) in [6.45, 7) is 2.10. The average Bonchev–Trinajstić information content (AvgIpc) is 2.17. The fraction of sp³-hybridized carbons (Fsp3) is 0.200. The van der Waals surface area contributed by atoms with Crippen LogP contribution in [0.25, 0.3) is 10.8 Å². The normalized spacial score (nSPS) is 10.4. The van der Waals surface area contributed by atoms with Crippen LogP contribution in [0.1, 0.15) is 12.6 Å². The van der Waals surface area contributed by atoms with Crippen molar-refractivity contribution < 1.29 is 0 Å². The summed E-state index contributed by atoms with van der Waals surface area (Å²) < 4.78 is 0. The van der Waals surface area contributed by atoms with E-state index in [9.17, 15) is 0 Å². The van der Waals surface area contributed by atoms with Gasteiger partial charge in [-0.3, -0.25) is 9.97 Å². The van der Waals surface area contributed by atoms with Crippen LogP contribution >= 0.6 is 0 Å². The number of rotatable bonds is 1. The summed E-state index contributed by atoms with van der Waals surface area (Å²) >= 11 is 0. The molecule has 2 aromatic rings. The summed E-state index contributed by atoms with van der Waals surface area (Å²) in [7, 11) is 0. The second-order valence-electron chi connectivity index (χ2n) is 2.75. The monoisotopic (exact) mass is 158 g/mol. The average molecular weight is 158 g/mol. The Labute approximate surface area is 71.3 Å². The molecule has 0 saturated carbocycles. The van der Waals surface area contributed by atoms with Crippen LogP contribution in [0, 0.1) is 0 Å². The van der Waals surface area contributed by atoms with Gasteiger partial charge in [-0.1, -0.05) is 6.92 Å². The van der Waals surface area contributed by atoms with Crippen LogP contribution in [-0.4, -0.2) is 9.97 Å². The molecule has 2 rings (SSSR count). The van der Waals surface area contributed by atoms with Gasteiger partial charge in [0.2, 0.25) is 0 Å². The zero-order valence-corrected chi connectivity index (χ0v) is 6.99. The first kappa shape index (κ1) is 7.22. The maximum Gasteiger partial charge on any atom is 0.0407 e. The van der Waals surface area contributed by atoms with Crippen LogP contribution in [0.3, 0.4) is 0 Å². The molecule has 2 nitrogen and oxygen atoms in total. The Balaban J connectivity index is 2.67. The summed E-state index contributed by atoms with van der Waals surface area (Å²) in [5.41, 5.74) is 1.12. The van der Waals surface area contributed by atoms with Crippen molar-refractivity contribution in [2.75, 3.05) is 0 Å². The van der Waals surface area contributed by atoms with Gasteiger partial charge in [-0.05, 0) is 18.6 Å².